The largest absolute Gasteiger partial charge is 0.492 e. The maximum atomic E-state index is 13.1. The lowest BCUT2D eigenvalue weighted by Gasteiger charge is -2.07. The summed E-state index contributed by atoms with van der Waals surface area (Å²) in [7, 11) is 0. The highest BCUT2D eigenvalue weighted by Gasteiger charge is 2.09. The lowest BCUT2D eigenvalue weighted by molar-refractivity contribution is 0.340. The van der Waals surface area contributed by atoms with E-state index in [4.69, 9.17) is 16.3 Å². The Morgan fingerprint density at radius 3 is 2.85 bits per heavy atom. The Balaban J connectivity index is 3.19. The van der Waals surface area contributed by atoms with Crippen molar-refractivity contribution < 1.29 is 9.13 Å². The molecule has 0 saturated heterocycles. The van der Waals surface area contributed by atoms with Crippen LogP contribution in [0.2, 0.25) is 5.02 Å². The van der Waals surface area contributed by atoms with Crippen LogP contribution in [-0.2, 0) is 0 Å². The van der Waals surface area contributed by atoms with Gasteiger partial charge < -0.3 is 4.74 Å². The fourth-order valence-corrected chi connectivity index (χ4v) is 1.29. The molecular formula is C10H10ClFO. The van der Waals surface area contributed by atoms with Gasteiger partial charge in [-0.1, -0.05) is 24.3 Å². The van der Waals surface area contributed by atoms with Crippen LogP contribution < -0.4 is 4.74 Å². The molecule has 1 aromatic rings. The lowest BCUT2D eigenvalue weighted by atomic mass is 10.2. The van der Waals surface area contributed by atoms with Gasteiger partial charge in [-0.05, 0) is 19.1 Å². The molecule has 0 aliphatic heterocycles. The summed E-state index contributed by atoms with van der Waals surface area (Å²) in [6, 6.07) is 2.82. The van der Waals surface area contributed by atoms with Gasteiger partial charge in [-0.25, -0.2) is 4.39 Å². The van der Waals surface area contributed by atoms with E-state index in [1.54, 1.807) is 0 Å². The molecule has 1 rings (SSSR count). The van der Waals surface area contributed by atoms with Crippen molar-refractivity contribution in [3.63, 3.8) is 0 Å². The van der Waals surface area contributed by atoms with Crippen molar-refractivity contribution >= 4 is 17.7 Å². The van der Waals surface area contributed by atoms with Crippen molar-refractivity contribution in [3.05, 3.63) is 35.1 Å². The fourth-order valence-electron chi connectivity index (χ4n) is 1.00. The first-order valence-electron chi connectivity index (χ1n) is 3.94. The van der Waals surface area contributed by atoms with E-state index >= 15 is 0 Å². The molecule has 0 N–H and O–H groups in total. The summed E-state index contributed by atoms with van der Waals surface area (Å²) in [5.74, 6) is 0.101. The molecule has 13 heavy (non-hydrogen) atoms. The first kappa shape index (κ1) is 10.1. The van der Waals surface area contributed by atoms with E-state index in [9.17, 15) is 4.39 Å². The van der Waals surface area contributed by atoms with Gasteiger partial charge in [-0.2, -0.15) is 0 Å². The van der Waals surface area contributed by atoms with Crippen molar-refractivity contribution in [3.8, 4) is 5.75 Å². The normalized spacial score (nSPS) is 9.77. The van der Waals surface area contributed by atoms with Crippen molar-refractivity contribution in [1.82, 2.24) is 0 Å². The van der Waals surface area contributed by atoms with Crippen molar-refractivity contribution in [2.45, 2.75) is 6.92 Å². The predicted octanol–water partition coefficient (Wildman–Crippen LogP) is 3.52. The third kappa shape index (κ3) is 2.01. The van der Waals surface area contributed by atoms with Crippen LogP contribution in [-0.4, -0.2) is 6.61 Å². The fraction of sp³-hybridized carbons (Fsp3) is 0.200. The van der Waals surface area contributed by atoms with Gasteiger partial charge in [0.1, 0.15) is 11.6 Å². The smallest absolute Gasteiger partial charge is 0.138 e. The Bertz CT molecular complexity index is 323. The van der Waals surface area contributed by atoms with Gasteiger partial charge in [0.05, 0.1) is 11.6 Å². The minimum absolute atomic E-state index is 0.275. The second-order valence-corrected chi connectivity index (χ2v) is 2.79. The van der Waals surface area contributed by atoms with Gasteiger partial charge in [0.25, 0.3) is 0 Å². The summed E-state index contributed by atoms with van der Waals surface area (Å²) < 4.78 is 18.2. The minimum atomic E-state index is -0.386. The number of hydrogen-bond acceptors (Lipinski definition) is 1. The summed E-state index contributed by atoms with van der Waals surface area (Å²) in [6.07, 6.45) is 1.38. The molecule has 0 aromatic heterocycles. The van der Waals surface area contributed by atoms with Crippen LogP contribution in [0.4, 0.5) is 4.39 Å². The molecule has 1 nitrogen and oxygen atoms in total. The van der Waals surface area contributed by atoms with Gasteiger partial charge in [-0.3, -0.25) is 0 Å². The second kappa shape index (κ2) is 4.28. The van der Waals surface area contributed by atoms with Crippen LogP contribution >= 0.6 is 11.6 Å². The molecule has 0 saturated carbocycles. The van der Waals surface area contributed by atoms with Crippen LogP contribution in [0, 0.1) is 5.82 Å². The van der Waals surface area contributed by atoms with Crippen LogP contribution in [0.5, 0.6) is 5.75 Å². The topological polar surface area (TPSA) is 9.23 Å². The van der Waals surface area contributed by atoms with Crippen molar-refractivity contribution in [2.24, 2.45) is 0 Å². The van der Waals surface area contributed by atoms with E-state index < -0.39 is 0 Å². The monoisotopic (exact) mass is 200 g/mol. The molecule has 0 heterocycles. The van der Waals surface area contributed by atoms with E-state index in [0.29, 0.717) is 12.4 Å². The van der Waals surface area contributed by atoms with Gasteiger partial charge in [0.15, 0.2) is 0 Å². The van der Waals surface area contributed by atoms with Gasteiger partial charge in [0.2, 0.25) is 0 Å². The number of benzene rings is 1. The number of halogens is 2. The third-order valence-electron chi connectivity index (χ3n) is 1.60. The first-order chi connectivity index (χ1) is 6.20. The van der Waals surface area contributed by atoms with Gasteiger partial charge >= 0.3 is 0 Å². The standard InChI is InChI=1S/C10H10ClFO/c1-3-7-8(12)5-6-9(10(7)11)13-4-2/h3,5-6H,1,4H2,2H3. The number of ether oxygens (including phenoxy) is 1. The average molecular weight is 201 g/mol. The molecule has 0 aliphatic carbocycles. The minimum Gasteiger partial charge on any atom is -0.492 e. The predicted molar refractivity (Wildman–Crippen MR) is 52.7 cm³/mol. The zero-order chi connectivity index (χ0) is 9.84. The summed E-state index contributed by atoms with van der Waals surface area (Å²) >= 11 is 5.86. The van der Waals surface area contributed by atoms with E-state index in [1.165, 1.54) is 18.2 Å². The molecule has 0 amide bonds. The SMILES string of the molecule is C=Cc1c(F)ccc(OCC)c1Cl. The molecule has 3 heteroatoms. The van der Waals surface area contributed by atoms with E-state index in [1.807, 2.05) is 6.92 Å². The van der Waals surface area contributed by atoms with Crippen LogP contribution in [0.25, 0.3) is 6.08 Å². The van der Waals surface area contributed by atoms with Crippen molar-refractivity contribution in [2.75, 3.05) is 6.61 Å². The summed E-state index contributed by atoms with van der Waals surface area (Å²) in [5, 5.41) is 0.275. The Labute approximate surface area is 81.8 Å². The molecule has 0 bridgehead atoms. The zero-order valence-electron chi connectivity index (χ0n) is 7.31. The van der Waals surface area contributed by atoms with E-state index in [0.717, 1.165) is 0 Å². The number of rotatable bonds is 3. The molecule has 0 radical (unpaired) electrons. The summed E-state index contributed by atoms with van der Waals surface area (Å²) in [5.41, 5.74) is 0.285. The molecule has 0 fully saturated rings. The Kier molecular flexibility index (Phi) is 3.32. The summed E-state index contributed by atoms with van der Waals surface area (Å²) in [4.78, 5) is 0. The van der Waals surface area contributed by atoms with E-state index in [2.05, 4.69) is 6.58 Å². The maximum Gasteiger partial charge on any atom is 0.138 e. The number of hydrogen-bond donors (Lipinski definition) is 0. The highest BCUT2D eigenvalue weighted by Crippen LogP contribution is 2.30. The molecule has 70 valence electrons. The van der Waals surface area contributed by atoms with Crippen LogP contribution in [0.15, 0.2) is 18.7 Å². The highest BCUT2D eigenvalue weighted by molar-refractivity contribution is 6.33. The highest BCUT2D eigenvalue weighted by atomic mass is 35.5. The van der Waals surface area contributed by atoms with Crippen molar-refractivity contribution in [1.29, 1.82) is 0 Å². The molecule has 0 aliphatic rings. The molecule has 1 aromatic carbocycles. The van der Waals surface area contributed by atoms with Crippen LogP contribution in [0.3, 0.4) is 0 Å². The second-order valence-electron chi connectivity index (χ2n) is 2.41. The Morgan fingerprint density at radius 2 is 2.31 bits per heavy atom. The average Bonchev–Trinajstić information content (AvgIpc) is 2.11. The summed E-state index contributed by atoms with van der Waals surface area (Å²) in [6.45, 7) is 5.82. The van der Waals surface area contributed by atoms with Gasteiger partial charge in [-0.15, -0.1) is 0 Å². The quantitative estimate of drug-likeness (QED) is 0.726. The van der Waals surface area contributed by atoms with Gasteiger partial charge in [0, 0.05) is 5.56 Å². The molecule has 0 unspecified atom stereocenters. The van der Waals surface area contributed by atoms with Crippen LogP contribution in [0.1, 0.15) is 12.5 Å². The first-order valence-corrected chi connectivity index (χ1v) is 4.31. The Morgan fingerprint density at radius 1 is 1.62 bits per heavy atom. The van der Waals surface area contributed by atoms with E-state index in [-0.39, 0.29) is 16.4 Å². The maximum absolute atomic E-state index is 13.1. The third-order valence-corrected chi connectivity index (χ3v) is 1.98. The Hall–Kier alpha value is -1.02. The lowest BCUT2D eigenvalue weighted by Crippen LogP contribution is -1.94. The molecule has 0 atom stereocenters. The molecule has 0 spiro atoms. The molecular weight excluding hydrogens is 191 g/mol. The zero-order valence-corrected chi connectivity index (χ0v) is 8.07.